The summed E-state index contributed by atoms with van der Waals surface area (Å²) >= 11 is 6.16. The van der Waals surface area contributed by atoms with Crippen molar-refractivity contribution in [3.8, 4) is 0 Å². The van der Waals surface area contributed by atoms with Gasteiger partial charge in [0.05, 0.1) is 4.92 Å². The predicted molar refractivity (Wildman–Crippen MR) is 77.2 cm³/mol. The number of nitro groups is 1. The van der Waals surface area contributed by atoms with Gasteiger partial charge in [-0.15, -0.1) is 11.6 Å². The fourth-order valence-corrected chi connectivity index (χ4v) is 2.20. The Balaban J connectivity index is 2.30. The smallest absolute Gasteiger partial charge is 0.272 e. The van der Waals surface area contributed by atoms with E-state index < -0.39 is 10.3 Å². The number of ketones is 1. The quantitative estimate of drug-likeness (QED) is 0.369. The zero-order chi connectivity index (χ0) is 14.7. The molecule has 0 saturated carbocycles. The van der Waals surface area contributed by atoms with Crippen LogP contribution in [-0.2, 0) is 0 Å². The van der Waals surface area contributed by atoms with Crippen molar-refractivity contribution >= 4 is 23.1 Å². The Kier molecular flexibility index (Phi) is 4.15. The Bertz CT molecular complexity index is 655. The number of aryl methyl sites for hydroxylation is 1. The van der Waals surface area contributed by atoms with Crippen LogP contribution in [0.2, 0.25) is 0 Å². The molecule has 0 radical (unpaired) electrons. The lowest BCUT2D eigenvalue weighted by molar-refractivity contribution is -0.385. The molecular weight excluding hydrogens is 278 g/mol. The van der Waals surface area contributed by atoms with Gasteiger partial charge in [-0.2, -0.15) is 0 Å². The predicted octanol–water partition coefficient (Wildman–Crippen LogP) is 4.07. The third kappa shape index (κ3) is 2.86. The van der Waals surface area contributed by atoms with Gasteiger partial charge in [0.25, 0.3) is 5.69 Å². The van der Waals surface area contributed by atoms with E-state index in [1.807, 2.05) is 6.07 Å². The molecule has 20 heavy (non-hydrogen) atoms. The van der Waals surface area contributed by atoms with E-state index >= 15 is 0 Å². The van der Waals surface area contributed by atoms with E-state index in [0.29, 0.717) is 16.7 Å². The van der Waals surface area contributed by atoms with Crippen LogP contribution in [0.15, 0.2) is 48.5 Å². The molecule has 4 nitrogen and oxygen atoms in total. The normalized spacial score (nSPS) is 11.9. The highest BCUT2D eigenvalue weighted by atomic mass is 35.5. The maximum absolute atomic E-state index is 12.3. The molecule has 0 aliphatic carbocycles. The summed E-state index contributed by atoms with van der Waals surface area (Å²) in [4.78, 5) is 22.6. The van der Waals surface area contributed by atoms with E-state index in [2.05, 4.69) is 0 Å². The number of alkyl halides is 1. The Morgan fingerprint density at radius 2 is 1.85 bits per heavy atom. The number of nitro benzene ring substituents is 1. The first-order valence-electron chi connectivity index (χ1n) is 5.99. The molecule has 0 spiro atoms. The van der Waals surface area contributed by atoms with E-state index in [0.717, 1.165) is 0 Å². The molecule has 102 valence electrons. The molecule has 0 saturated heterocycles. The summed E-state index contributed by atoms with van der Waals surface area (Å²) in [6.07, 6.45) is 0. The van der Waals surface area contributed by atoms with Crippen LogP contribution < -0.4 is 0 Å². The molecule has 0 N–H and O–H groups in total. The molecular formula is C15H12ClNO3. The first kappa shape index (κ1) is 14.2. The molecule has 1 unspecified atom stereocenters. The third-order valence-electron chi connectivity index (χ3n) is 3.00. The highest BCUT2D eigenvalue weighted by Gasteiger charge is 2.21. The van der Waals surface area contributed by atoms with Crippen molar-refractivity contribution in [2.24, 2.45) is 0 Å². The summed E-state index contributed by atoms with van der Waals surface area (Å²) in [6.45, 7) is 1.60. The van der Waals surface area contributed by atoms with E-state index in [1.54, 1.807) is 31.2 Å². The molecule has 0 heterocycles. The van der Waals surface area contributed by atoms with Gasteiger partial charge in [-0.1, -0.05) is 30.3 Å². The summed E-state index contributed by atoms with van der Waals surface area (Å²) in [5, 5.41) is 9.96. The van der Waals surface area contributed by atoms with E-state index in [1.165, 1.54) is 18.2 Å². The number of carbonyl (C=O) groups is 1. The molecule has 0 aromatic heterocycles. The molecule has 0 aliphatic rings. The molecule has 2 aromatic carbocycles. The highest BCUT2D eigenvalue weighted by molar-refractivity contribution is 6.33. The van der Waals surface area contributed by atoms with Crippen LogP contribution in [0.5, 0.6) is 0 Å². The Morgan fingerprint density at radius 3 is 2.40 bits per heavy atom. The van der Waals surface area contributed by atoms with Crippen molar-refractivity contribution < 1.29 is 9.72 Å². The second kappa shape index (κ2) is 5.84. The fraction of sp³-hybridized carbons (Fsp3) is 0.133. The SMILES string of the molecule is Cc1cc(C(=O)C(Cl)c2ccccc2)ccc1[N+](=O)[O-]. The molecule has 0 aliphatic heterocycles. The standard InChI is InChI=1S/C15H12ClNO3/c1-10-9-12(7-8-13(10)17(19)20)15(18)14(16)11-5-3-2-4-6-11/h2-9,14H,1H3. The van der Waals surface area contributed by atoms with Gasteiger partial charge in [-0.3, -0.25) is 14.9 Å². The summed E-state index contributed by atoms with van der Waals surface area (Å²) in [6, 6.07) is 13.3. The van der Waals surface area contributed by atoms with Crippen molar-refractivity contribution in [2.75, 3.05) is 0 Å². The molecule has 2 aromatic rings. The van der Waals surface area contributed by atoms with Crippen LogP contribution in [-0.4, -0.2) is 10.7 Å². The number of rotatable bonds is 4. The Hall–Kier alpha value is -2.20. The van der Waals surface area contributed by atoms with Gasteiger partial charge >= 0.3 is 0 Å². The number of benzene rings is 2. The van der Waals surface area contributed by atoms with E-state index in [-0.39, 0.29) is 11.5 Å². The Labute approximate surface area is 121 Å². The molecule has 5 heteroatoms. The van der Waals surface area contributed by atoms with Crippen molar-refractivity contribution in [1.82, 2.24) is 0 Å². The minimum Gasteiger partial charge on any atom is -0.292 e. The maximum atomic E-state index is 12.3. The topological polar surface area (TPSA) is 60.2 Å². The Morgan fingerprint density at radius 1 is 1.20 bits per heavy atom. The number of Topliss-reactive ketones (excluding diaryl/α,β-unsaturated/α-hetero) is 1. The summed E-state index contributed by atoms with van der Waals surface area (Å²) in [7, 11) is 0. The minimum absolute atomic E-state index is 0.00705. The maximum Gasteiger partial charge on any atom is 0.272 e. The van der Waals surface area contributed by atoms with E-state index in [4.69, 9.17) is 11.6 Å². The zero-order valence-electron chi connectivity index (χ0n) is 10.7. The van der Waals surface area contributed by atoms with Gasteiger partial charge in [-0.25, -0.2) is 0 Å². The summed E-state index contributed by atoms with van der Waals surface area (Å²) in [5.41, 5.74) is 1.51. The fourth-order valence-electron chi connectivity index (χ4n) is 1.93. The molecule has 0 fully saturated rings. The van der Waals surface area contributed by atoms with Crippen LogP contribution in [0, 0.1) is 17.0 Å². The van der Waals surface area contributed by atoms with Crippen molar-refractivity contribution in [1.29, 1.82) is 0 Å². The van der Waals surface area contributed by atoms with Crippen molar-refractivity contribution in [3.05, 3.63) is 75.3 Å². The van der Waals surface area contributed by atoms with Crippen LogP contribution in [0.3, 0.4) is 0 Å². The molecule has 0 bridgehead atoms. The van der Waals surface area contributed by atoms with Crippen LogP contribution >= 0.6 is 11.6 Å². The van der Waals surface area contributed by atoms with Crippen LogP contribution in [0.1, 0.15) is 26.9 Å². The lowest BCUT2D eigenvalue weighted by Crippen LogP contribution is -2.08. The summed E-state index contributed by atoms with van der Waals surface area (Å²) in [5.74, 6) is -0.268. The monoisotopic (exact) mass is 289 g/mol. The number of hydrogen-bond acceptors (Lipinski definition) is 3. The molecule has 2 rings (SSSR count). The lowest BCUT2D eigenvalue weighted by Gasteiger charge is -2.09. The van der Waals surface area contributed by atoms with Crippen LogP contribution in [0.25, 0.3) is 0 Å². The van der Waals surface area contributed by atoms with Gasteiger partial charge in [0.15, 0.2) is 5.78 Å². The van der Waals surface area contributed by atoms with Gasteiger partial charge in [0.2, 0.25) is 0 Å². The average Bonchev–Trinajstić information content (AvgIpc) is 2.46. The largest absolute Gasteiger partial charge is 0.292 e. The highest BCUT2D eigenvalue weighted by Crippen LogP contribution is 2.27. The first-order chi connectivity index (χ1) is 9.50. The molecule has 0 amide bonds. The zero-order valence-corrected chi connectivity index (χ0v) is 11.5. The number of hydrogen-bond donors (Lipinski definition) is 0. The number of nitrogens with zero attached hydrogens (tertiary/aromatic N) is 1. The minimum atomic E-state index is -0.794. The second-order valence-electron chi connectivity index (χ2n) is 4.40. The second-order valence-corrected chi connectivity index (χ2v) is 4.83. The average molecular weight is 290 g/mol. The van der Waals surface area contributed by atoms with Crippen LogP contribution in [0.4, 0.5) is 5.69 Å². The summed E-state index contributed by atoms with van der Waals surface area (Å²) < 4.78 is 0. The number of carbonyl (C=O) groups excluding carboxylic acids is 1. The van der Waals surface area contributed by atoms with Gasteiger partial charge < -0.3 is 0 Å². The van der Waals surface area contributed by atoms with Crippen molar-refractivity contribution in [3.63, 3.8) is 0 Å². The van der Waals surface area contributed by atoms with Gasteiger partial charge in [0, 0.05) is 17.2 Å². The third-order valence-corrected chi connectivity index (χ3v) is 3.45. The van der Waals surface area contributed by atoms with Crippen molar-refractivity contribution in [2.45, 2.75) is 12.3 Å². The number of halogens is 1. The molecule has 1 atom stereocenters. The van der Waals surface area contributed by atoms with Gasteiger partial charge in [-0.05, 0) is 24.6 Å². The lowest BCUT2D eigenvalue weighted by atomic mass is 10.0. The first-order valence-corrected chi connectivity index (χ1v) is 6.42. The van der Waals surface area contributed by atoms with E-state index in [9.17, 15) is 14.9 Å². The van der Waals surface area contributed by atoms with Gasteiger partial charge in [0.1, 0.15) is 5.38 Å².